The van der Waals surface area contributed by atoms with Crippen molar-refractivity contribution in [1.82, 2.24) is 19.7 Å². The van der Waals surface area contributed by atoms with Gasteiger partial charge >= 0.3 is 5.97 Å². The molecule has 1 atom stereocenters. The Labute approximate surface area is 109 Å². The van der Waals surface area contributed by atoms with Crippen molar-refractivity contribution in [3.8, 4) is 5.69 Å². The topological polar surface area (TPSA) is 90.1 Å². The van der Waals surface area contributed by atoms with Crippen molar-refractivity contribution in [2.75, 3.05) is 7.11 Å². The van der Waals surface area contributed by atoms with Crippen molar-refractivity contribution in [3.05, 3.63) is 36.2 Å². The maximum atomic E-state index is 11.2. The molecule has 2 aromatic heterocycles. The zero-order valence-corrected chi connectivity index (χ0v) is 10.6. The monoisotopic (exact) mass is 262 g/mol. The lowest BCUT2D eigenvalue weighted by Crippen LogP contribution is -2.05. The highest BCUT2D eigenvalue weighted by atomic mass is 16.5. The Morgan fingerprint density at radius 2 is 2.26 bits per heavy atom. The van der Waals surface area contributed by atoms with E-state index in [0.717, 1.165) is 0 Å². The Balaban J connectivity index is 2.22. The summed E-state index contributed by atoms with van der Waals surface area (Å²) < 4.78 is 5.94. The molecule has 2 aromatic rings. The standard InChI is InChI=1S/C12H14N4O3/c1-3-10(17)9-5-4-8(6-13-9)16-7-14-11(15-16)12(18)19-2/h4-7,10,17H,3H2,1-2H3. The van der Waals surface area contributed by atoms with E-state index in [2.05, 4.69) is 19.8 Å². The molecule has 0 aromatic carbocycles. The molecule has 19 heavy (non-hydrogen) atoms. The van der Waals surface area contributed by atoms with E-state index < -0.39 is 12.1 Å². The van der Waals surface area contributed by atoms with Crippen LogP contribution in [0.5, 0.6) is 0 Å². The average molecular weight is 262 g/mol. The number of hydrogen-bond donors (Lipinski definition) is 1. The molecule has 2 rings (SSSR count). The molecule has 1 N–H and O–H groups in total. The van der Waals surface area contributed by atoms with Crippen molar-refractivity contribution in [3.63, 3.8) is 0 Å². The summed E-state index contributed by atoms with van der Waals surface area (Å²) >= 11 is 0. The molecule has 100 valence electrons. The van der Waals surface area contributed by atoms with Crippen molar-refractivity contribution < 1.29 is 14.6 Å². The lowest BCUT2D eigenvalue weighted by molar-refractivity contribution is 0.0587. The van der Waals surface area contributed by atoms with Gasteiger partial charge in [-0.3, -0.25) is 4.98 Å². The van der Waals surface area contributed by atoms with Crippen molar-refractivity contribution in [2.24, 2.45) is 0 Å². The van der Waals surface area contributed by atoms with Crippen LogP contribution in [0, 0.1) is 0 Å². The van der Waals surface area contributed by atoms with E-state index in [0.29, 0.717) is 17.8 Å². The number of esters is 1. The highest BCUT2D eigenvalue weighted by Crippen LogP contribution is 2.14. The quantitative estimate of drug-likeness (QED) is 0.823. The fraction of sp³-hybridized carbons (Fsp3) is 0.333. The summed E-state index contributed by atoms with van der Waals surface area (Å²) in [4.78, 5) is 19.2. The molecular formula is C12H14N4O3. The molecule has 0 aliphatic rings. The molecule has 0 spiro atoms. The third kappa shape index (κ3) is 2.76. The summed E-state index contributed by atoms with van der Waals surface area (Å²) in [6.45, 7) is 1.88. The smallest absolute Gasteiger partial charge is 0.377 e. The number of aliphatic hydroxyl groups excluding tert-OH is 1. The van der Waals surface area contributed by atoms with E-state index >= 15 is 0 Å². The van der Waals surface area contributed by atoms with Crippen LogP contribution in [0.4, 0.5) is 0 Å². The second-order valence-electron chi connectivity index (χ2n) is 3.87. The number of hydrogen-bond acceptors (Lipinski definition) is 6. The van der Waals surface area contributed by atoms with Gasteiger partial charge in [0.25, 0.3) is 5.82 Å². The number of aliphatic hydroxyl groups is 1. The minimum Gasteiger partial charge on any atom is -0.463 e. The lowest BCUT2D eigenvalue weighted by atomic mass is 10.2. The van der Waals surface area contributed by atoms with Crippen LogP contribution in [0.25, 0.3) is 5.69 Å². The van der Waals surface area contributed by atoms with E-state index in [1.807, 2.05) is 6.92 Å². The Kier molecular flexibility index (Phi) is 3.86. The highest BCUT2D eigenvalue weighted by molar-refractivity contribution is 5.84. The van der Waals surface area contributed by atoms with E-state index in [1.54, 1.807) is 18.3 Å². The minimum absolute atomic E-state index is 0.0137. The van der Waals surface area contributed by atoms with Crippen LogP contribution in [0.1, 0.15) is 35.8 Å². The first-order chi connectivity index (χ1) is 9.15. The first-order valence-corrected chi connectivity index (χ1v) is 5.80. The van der Waals surface area contributed by atoms with Crippen molar-refractivity contribution >= 4 is 5.97 Å². The van der Waals surface area contributed by atoms with Gasteiger partial charge in [0.2, 0.25) is 0 Å². The fourth-order valence-corrected chi connectivity index (χ4v) is 1.51. The summed E-state index contributed by atoms with van der Waals surface area (Å²) in [6.07, 6.45) is 2.99. The van der Waals surface area contributed by atoms with Gasteiger partial charge in [-0.05, 0) is 18.6 Å². The fourth-order valence-electron chi connectivity index (χ4n) is 1.51. The molecule has 0 fully saturated rings. The van der Waals surface area contributed by atoms with Gasteiger partial charge in [-0.1, -0.05) is 6.92 Å². The molecule has 7 heteroatoms. The molecule has 0 amide bonds. The number of rotatable bonds is 4. The van der Waals surface area contributed by atoms with Crippen LogP contribution < -0.4 is 0 Å². The molecule has 0 aliphatic carbocycles. The summed E-state index contributed by atoms with van der Waals surface area (Å²) in [5, 5.41) is 13.6. The summed E-state index contributed by atoms with van der Waals surface area (Å²) in [7, 11) is 1.27. The lowest BCUT2D eigenvalue weighted by Gasteiger charge is -2.07. The molecule has 2 heterocycles. The predicted molar refractivity (Wildman–Crippen MR) is 65.7 cm³/mol. The van der Waals surface area contributed by atoms with Crippen LogP contribution in [0.15, 0.2) is 24.7 Å². The molecule has 1 unspecified atom stereocenters. The van der Waals surface area contributed by atoms with Crippen molar-refractivity contribution in [2.45, 2.75) is 19.4 Å². The van der Waals surface area contributed by atoms with E-state index in [4.69, 9.17) is 0 Å². The van der Waals surface area contributed by atoms with Crippen LogP contribution in [-0.2, 0) is 4.74 Å². The summed E-state index contributed by atoms with van der Waals surface area (Å²) in [6, 6.07) is 3.46. The van der Waals surface area contributed by atoms with Gasteiger partial charge in [0.15, 0.2) is 0 Å². The zero-order valence-electron chi connectivity index (χ0n) is 10.6. The summed E-state index contributed by atoms with van der Waals surface area (Å²) in [5.41, 5.74) is 1.24. The van der Waals surface area contributed by atoms with Crippen molar-refractivity contribution in [1.29, 1.82) is 0 Å². The van der Waals surface area contributed by atoms with Gasteiger partial charge in [0, 0.05) is 0 Å². The molecule has 0 aliphatic heterocycles. The van der Waals surface area contributed by atoms with Crippen LogP contribution in [0.3, 0.4) is 0 Å². The second kappa shape index (κ2) is 5.57. The molecular weight excluding hydrogens is 248 g/mol. The van der Waals surface area contributed by atoms with Gasteiger partial charge in [0.05, 0.1) is 30.8 Å². The number of carbonyl (C=O) groups is 1. The van der Waals surface area contributed by atoms with Gasteiger partial charge in [0.1, 0.15) is 6.33 Å². The predicted octanol–water partition coefficient (Wildman–Crippen LogP) is 0.892. The number of methoxy groups -OCH3 is 1. The Morgan fingerprint density at radius 1 is 1.47 bits per heavy atom. The van der Waals surface area contributed by atoms with Gasteiger partial charge < -0.3 is 9.84 Å². The van der Waals surface area contributed by atoms with Gasteiger partial charge in [-0.15, -0.1) is 5.10 Å². The highest BCUT2D eigenvalue weighted by Gasteiger charge is 2.12. The Morgan fingerprint density at radius 3 is 2.84 bits per heavy atom. The van der Waals surface area contributed by atoms with Crippen LogP contribution in [0.2, 0.25) is 0 Å². The first-order valence-electron chi connectivity index (χ1n) is 5.80. The van der Waals surface area contributed by atoms with Gasteiger partial charge in [-0.2, -0.15) is 0 Å². The zero-order chi connectivity index (χ0) is 13.8. The number of nitrogens with zero attached hydrogens (tertiary/aromatic N) is 4. The Hall–Kier alpha value is -2.28. The second-order valence-corrected chi connectivity index (χ2v) is 3.87. The average Bonchev–Trinajstić information content (AvgIpc) is 2.95. The molecule has 0 saturated heterocycles. The van der Waals surface area contributed by atoms with Gasteiger partial charge in [-0.25, -0.2) is 14.5 Å². The number of ether oxygens (including phenoxy) is 1. The molecule has 0 saturated carbocycles. The van der Waals surface area contributed by atoms with E-state index in [9.17, 15) is 9.90 Å². The number of aromatic nitrogens is 4. The molecule has 0 bridgehead atoms. The first kappa shape index (κ1) is 13.2. The summed E-state index contributed by atoms with van der Waals surface area (Å²) in [5.74, 6) is -0.607. The normalized spacial score (nSPS) is 12.2. The maximum Gasteiger partial charge on any atom is 0.377 e. The molecule has 7 nitrogen and oxygen atoms in total. The molecule has 0 radical (unpaired) electrons. The SMILES string of the molecule is CCC(O)c1ccc(-n2cnc(C(=O)OC)n2)cn1. The third-order valence-electron chi connectivity index (χ3n) is 2.62. The van der Waals surface area contributed by atoms with Crippen LogP contribution >= 0.6 is 0 Å². The minimum atomic E-state index is -0.593. The maximum absolute atomic E-state index is 11.2. The largest absolute Gasteiger partial charge is 0.463 e. The number of carbonyl (C=O) groups excluding carboxylic acids is 1. The van der Waals surface area contributed by atoms with E-state index in [1.165, 1.54) is 18.1 Å². The number of pyridine rings is 1. The van der Waals surface area contributed by atoms with E-state index in [-0.39, 0.29) is 5.82 Å². The van der Waals surface area contributed by atoms with Crippen LogP contribution in [-0.4, -0.2) is 37.9 Å². The Bertz CT molecular complexity index is 565. The third-order valence-corrected chi connectivity index (χ3v) is 2.62.